The summed E-state index contributed by atoms with van der Waals surface area (Å²) in [5.41, 5.74) is 9.14. The van der Waals surface area contributed by atoms with Gasteiger partial charge in [-0.15, -0.1) is 0 Å². The summed E-state index contributed by atoms with van der Waals surface area (Å²) in [7, 11) is 1.97. The summed E-state index contributed by atoms with van der Waals surface area (Å²) in [5, 5.41) is 3.32. The molecule has 5 nitrogen and oxygen atoms in total. The molecule has 1 saturated carbocycles. The molecule has 3 rings (SSSR count). The van der Waals surface area contributed by atoms with Crippen LogP contribution in [0.1, 0.15) is 55.5 Å². The minimum absolute atomic E-state index is 0.0505. The van der Waals surface area contributed by atoms with Gasteiger partial charge in [-0.3, -0.25) is 9.59 Å². The molecule has 5 heteroatoms. The molecule has 2 aromatic rings. The zero-order valence-corrected chi connectivity index (χ0v) is 18.2. The summed E-state index contributed by atoms with van der Waals surface area (Å²) in [6.07, 6.45) is 4.01. The number of hydrogen-bond acceptors (Lipinski definition) is 4. The van der Waals surface area contributed by atoms with Crippen LogP contribution in [-0.2, 0) is 11.2 Å². The van der Waals surface area contributed by atoms with Gasteiger partial charge in [-0.25, -0.2) is 0 Å². The largest absolute Gasteiger partial charge is 0.494 e. The van der Waals surface area contributed by atoms with E-state index in [2.05, 4.69) is 11.4 Å². The first kappa shape index (κ1) is 22.0. The van der Waals surface area contributed by atoms with Crippen LogP contribution in [0.3, 0.4) is 0 Å². The Morgan fingerprint density at radius 2 is 1.73 bits per heavy atom. The van der Waals surface area contributed by atoms with Gasteiger partial charge in [0, 0.05) is 11.6 Å². The van der Waals surface area contributed by atoms with Crippen LogP contribution in [0.4, 0.5) is 0 Å². The molecule has 0 spiro atoms. The van der Waals surface area contributed by atoms with Crippen molar-refractivity contribution in [3.63, 3.8) is 0 Å². The van der Waals surface area contributed by atoms with Crippen LogP contribution in [0, 0.1) is 5.41 Å². The predicted octanol–water partition coefficient (Wildman–Crippen LogP) is 4.13. The van der Waals surface area contributed by atoms with Crippen molar-refractivity contribution >= 4 is 11.7 Å². The highest BCUT2D eigenvalue weighted by Gasteiger charge is 2.40. The Bertz CT molecular complexity index is 897. The first-order valence-electron chi connectivity index (χ1n) is 10.7. The third kappa shape index (κ3) is 4.73. The smallest absolute Gasteiger partial charge is 0.223 e. The number of benzene rings is 2. The van der Waals surface area contributed by atoms with E-state index < -0.39 is 5.41 Å². The Morgan fingerprint density at radius 1 is 1.10 bits per heavy atom. The summed E-state index contributed by atoms with van der Waals surface area (Å²) in [6.45, 7) is 4.08. The maximum Gasteiger partial charge on any atom is 0.223 e. The molecule has 2 aromatic carbocycles. The molecule has 0 atom stereocenters. The van der Waals surface area contributed by atoms with E-state index in [1.807, 2.05) is 50.4 Å². The quantitative estimate of drug-likeness (QED) is 0.644. The van der Waals surface area contributed by atoms with E-state index in [1.165, 1.54) is 0 Å². The lowest BCUT2D eigenvalue weighted by Gasteiger charge is -2.38. The molecular weight excluding hydrogens is 376 g/mol. The molecule has 0 saturated heterocycles. The first-order chi connectivity index (χ1) is 14.4. The Kier molecular flexibility index (Phi) is 6.93. The van der Waals surface area contributed by atoms with Gasteiger partial charge in [0.05, 0.1) is 12.0 Å². The molecule has 0 radical (unpaired) electrons. The summed E-state index contributed by atoms with van der Waals surface area (Å²) in [4.78, 5) is 24.1. The van der Waals surface area contributed by atoms with Gasteiger partial charge in [-0.1, -0.05) is 30.3 Å². The molecule has 30 heavy (non-hydrogen) atoms. The third-order valence-corrected chi connectivity index (χ3v) is 6.39. The summed E-state index contributed by atoms with van der Waals surface area (Å²) in [6, 6.07) is 14.1. The van der Waals surface area contributed by atoms with Crippen LogP contribution in [0.25, 0.3) is 11.1 Å². The molecule has 0 bridgehead atoms. The topological polar surface area (TPSA) is 81.4 Å². The number of ether oxygens (including phenoxy) is 1. The Balaban J connectivity index is 1.94. The fourth-order valence-corrected chi connectivity index (χ4v) is 4.42. The number of hydrogen-bond donors (Lipinski definition) is 2. The normalized spacial score (nSPS) is 21.2. The highest BCUT2D eigenvalue weighted by atomic mass is 16.5. The molecule has 1 fully saturated rings. The standard InChI is InChI=1S/C25H32N2O3/c1-4-30-23-10-9-20(19-7-5-18(6-8-19)17(2)28)15-21(23)16-25(24(26)29)13-11-22(27-3)12-14-25/h5-10,15,22,27H,4,11-14,16H2,1-3H3,(H2,26,29). The van der Waals surface area contributed by atoms with Gasteiger partial charge in [0.1, 0.15) is 5.75 Å². The first-order valence-corrected chi connectivity index (χ1v) is 10.7. The summed E-state index contributed by atoms with van der Waals surface area (Å²) in [5.74, 6) is 0.628. The summed E-state index contributed by atoms with van der Waals surface area (Å²) < 4.78 is 5.88. The molecule has 0 heterocycles. The van der Waals surface area contributed by atoms with E-state index in [4.69, 9.17) is 10.5 Å². The zero-order valence-electron chi connectivity index (χ0n) is 18.2. The average Bonchev–Trinajstić information content (AvgIpc) is 2.75. The van der Waals surface area contributed by atoms with Crippen molar-refractivity contribution in [1.29, 1.82) is 0 Å². The maximum absolute atomic E-state index is 12.5. The Morgan fingerprint density at radius 3 is 2.27 bits per heavy atom. The predicted molar refractivity (Wildman–Crippen MR) is 120 cm³/mol. The Labute approximate surface area is 179 Å². The van der Waals surface area contributed by atoms with Crippen molar-refractivity contribution < 1.29 is 14.3 Å². The number of primary amides is 1. The Hall–Kier alpha value is -2.66. The van der Waals surface area contributed by atoms with Crippen LogP contribution in [0.5, 0.6) is 5.75 Å². The maximum atomic E-state index is 12.5. The van der Waals surface area contributed by atoms with Crippen LogP contribution < -0.4 is 15.8 Å². The molecule has 0 aromatic heterocycles. The van der Waals surface area contributed by atoms with Crippen molar-refractivity contribution in [3.05, 3.63) is 53.6 Å². The molecule has 160 valence electrons. The van der Waals surface area contributed by atoms with Gasteiger partial charge in [-0.2, -0.15) is 0 Å². The number of ketones is 1. The van der Waals surface area contributed by atoms with Gasteiger partial charge >= 0.3 is 0 Å². The van der Waals surface area contributed by atoms with Crippen LogP contribution in [0.15, 0.2) is 42.5 Å². The van der Waals surface area contributed by atoms with Gasteiger partial charge in [0.2, 0.25) is 5.91 Å². The molecule has 1 aliphatic rings. The monoisotopic (exact) mass is 408 g/mol. The molecule has 0 unspecified atom stereocenters. The summed E-state index contributed by atoms with van der Waals surface area (Å²) >= 11 is 0. The van der Waals surface area contributed by atoms with E-state index >= 15 is 0 Å². The van der Waals surface area contributed by atoms with E-state index in [9.17, 15) is 9.59 Å². The van der Waals surface area contributed by atoms with Crippen LogP contribution in [-0.4, -0.2) is 31.4 Å². The number of nitrogens with one attached hydrogen (secondary N) is 1. The number of carbonyl (C=O) groups excluding carboxylic acids is 2. The van der Waals surface area contributed by atoms with E-state index in [0.29, 0.717) is 24.6 Å². The number of amides is 1. The fourth-order valence-electron chi connectivity index (χ4n) is 4.42. The van der Waals surface area contributed by atoms with Gasteiger partial charge < -0.3 is 15.8 Å². The van der Waals surface area contributed by atoms with E-state index in [0.717, 1.165) is 48.1 Å². The lowest BCUT2D eigenvalue weighted by atomic mass is 9.68. The number of carbonyl (C=O) groups is 2. The van der Waals surface area contributed by atoms with Gasteiger partial charge in [0.15, 0.2) is 5.78 Å². The fraction of sp³-hybridized carbons (Fsp3) is 0.440. The van der Waals surface area contributed by atoms with Crippen molar-refractivity contribution in [1.82, 2.24) is 5.32 Å². The van der Waals surface area contributed by atoms with E-state index in [1.54, 1.807) is 6.92 Å². The highest BCUT2D eigenvalue weighted by molar-refractivity contribution is 5.94. The second kappa shape index (κ2) is 9.43. The van der Waals surface area contributed by atoms with Crippen molar-refractivity contribution in [3.8, 4) is 16.9 Å². The molecular formula is C25H32N2O3. The number of rotatable bonds is 8. The van der Waals surface area contributed by atoms with Crippen molar-refractivity contribution in [2.45, 2.75) is 52.0 Å². The average molecular weight is 409 g/mol. The number of nitrogens with two attached hydrogens (primary N) is 1. The van der Waals surface area contributed by atoms with Gasteiger partial charge in [-0.05, 0) is 81.8 Å². The minimum atomic E-state index is -0.545. The van der Waals surface area contributed by atoms with E-state index in [-0.39, 0.29) is 11.7 Å². The molecule has 3 N–H and O–H groups in total. The minimum Gasteiger partial charge on any atom is -0.494 e. The highest BCUT2D eigenvalue weighted by Crippen LogP contribution is 2.41. The second-order valence-electron chi connectivity index (χ2n) is 8.27. The molecule has 0 aliphatic heterocycles. The van der Waals surface area contributed by atoms with Crippen LogP contribution >= 0.6 is 0 Å². The van der Waals surface area contributed by atoms with Crippen molar-refractivity contribution in [2.24, 2.45) is 11.1 Å². The SMILES string of the molecule is CCOc1ccc(-c2ccc(C(C)=O)cc2)cc1CC1(C(N)=O)CCC(NC)CC1. The lowest BCUT2D eigenvalue weighted by molar-refractivity contribution is -0.129. The third-order valence-electron chi connectivity index (χ3n) is 6.39. The second-order valence-corrected chi connectivity index (χ2v) is 8.27. The van der Waals surface area contributed by atoms with Gasteiger partial charge in [0.25, 0.3) is 0 Å². The molecule has 1 amide bonds. The lowest BCUT2D eigenvalue weighted by Crippen LogP contribution is -2.45. The molecule has 1 aliphatic carbocycles. The number of Topliss-reactive ketones (excluding diaryl/α,β-unsaturated/α-hetero) is 1. The zero-order chi connectivity index (χ0) is 21.7. The van der Waals surface area contributed by atoms with Crippen LogP contribution in [0.2, 0.25) is 0 Å². The van der Waals surface area contributed by atoms with Crippen molar-refractivity contribution in [2.75, 3.05) is 13.7 Å².